The summed E-state index contributed by atoms with van der Waals surface area (Å²) in [6.07, 6.45) is 3.49. The second-order valence-corrected chi connectivity index (χ2v) is 5.96. The fourth-order valence-corrected chi connectivity index (χ4v) is 2.46. The van der Waals surface area contributed by atoms with Crippen LogP contribution in [0.15, 0.2) is 54.9 Å². The Morgan fingerprint density at radius 2 is 1.89 bits per heavy atom. The Morgan fingerprint density at radius 1 is 1.07 bits per heavy atom. The summed E-state index contributed by atoms with van der Waals surface area (Å²) in [4.78, 5) is 25.2. The van der Waals surface area contributed by atoms with E-state index in [4.69, 9.17) is 4.74 Å². The number of methoxy groups -OCH3 is 1. The molecule has 27 heavy (non-hydrogen) atoms. The van der Waals surface area contributed by atoms with Gasteiger partial charge in [-0.15, -0.1) is 0 Å². The number of nitrogens with one attached hydrogen (secondary N) is 2. The highest BCUT2D eigenvalue weighted by molar-refractivity contribution is 5.92. The van der Waals surface area contributed by atoms with E-state index in [2.05, 4.69) is 25.6 Å². The lowest BCUT2D eigenvalue weighted by Crippen LogP contribution is -2.24. The molecule has 3 rings (SSSR count). The van der Waals surface area contributed by atoms with Gasteiger partial charge in [-0.3, -0.25) is 9.78 Å². The van der Waals surface area contributed by atoms with Crippen molar-refractivity contribution in [3.63, 3.8) is 0 Å². The molecule has 0 aliphatic heterocycles. The number of carbonyl (C=O) groups excluding carboxylic acids is 1. The molecule has 0 fully saturated rings. The predicted octanol–water partition coefficient (Wildman–Crippen LogP) is 2.73. The van der Waals surface area contributed by atoms with Crippen molar-refractivity contribution >= 4 is 11.9 Å². The molecule has 1 aromatic carbocycles. The molecule has 2 N–H and O–H groups in total. The average molecular weight is 363 g/mol. The fourth-order valence-electron chi connectivity index (χ4n) is 2.46. The normalized spacial score (nSPS) is 10.3. The summed E-state index contributed by atoms with van der Waals surface area (Å²) in [6.45, 7) is 2.77. The van der Waals surface area contributed by atoms with Gasteiger partial charge >= 0.3 is 0 Å². The topological polar surface area (TPSA) is 89.0 Å². The van der Waals surface area contributed by atoms with E-state index in [0.29, 0.717) is 30.4 Å². The van der Waals surface area contributed by atoms with E-state index in [-0.39, 0.29) is 5.91 Å². The Hall–Kier alpha value is -3.48. The second-order valence-electron chi connectivity index (χ2n) is 5.96. The monoisotopic (exact) mass is 363 g/mol. The van der Waals surface area contributed by atoms with Crippen molar-refractivity contribution in [2.24, 2.45) is 0 Å². The van der Waals surface area contributed by atoms with Gasteiger partial charge in [0, 0.05) is 31.2 Å². The maximum Gasteiger partial charge on any atom is 0.270 e. The fraction of sp³-hybridized carbons (Fsp3) is 0.200. The van der Waals surface area contributed by atoms with Crippen molar-refractivity contribution in [2.45, 2.75) is 20.0 Å². The molecule has 0 saturated carbocycles. The van der Waals surface area contributed by atoms with Crippen LogP contribution in [0.2, 0.25) is 0 Å². The third-order valence-electron chi connectivity index (χ3n) is 3.87. The van der Waals surface area contributed by atoms with Gasteiger partial charge in [-0.1, -0.05) is 18.2 Å². The molecule has 2 aromatic heterocycles. The van der Waals surface area contributed by atoms with Crippen LogP contribution >= 0.6 is 0 Å². The second kappa shape index (κ2) is 8.75. The summed E-state index contributed by atoms with van der Waals surface area (Å²) < 4.78 is 5.13. The molecule has 1 amide bonds. The van der Waals surface area contributed by atoms with Gasteiger partial charge in [-0.25, -0.2) is 9.97 Å². The first-order valence-electron chi connectivity index (χ1n) is 8.53. The molecule has 0 saturated heterocycles. The van der Waals surface area contributed by atoms with Gasteiger partial charge in [-0.05, 0) is 42.3 Å². The van der Waals surface area contributed by atoms with Gasteiger partial charge in [0.1, 0.15) is 11.4 Å². The molecule has 0 aliphatic carbocycles. The van der Waals surface area contributed by atoms with Crippen LogP contribution in [0.4, 0.5) is 5.95 Å². The first kappa shape index (κ1) is 18.3. The molecular weight excluding hydrogens is 342 g/mol. The minimum atomic E-state index is -0.249. The zero-order valence-corrected chi connectivity index (χ0v) is 15.3. The predicted molar refractivity (Wildman–Crippen MR) is 102 cm³/mol. The number of carbonyl (C=O) groups is 1. The maximum absolute atomic E-state index is 12.5. The molecule has 138 valence electrons. The zero-order valence-electron chi connectivity index (χ0n) is 15.3. The minimum Gasteiger partial charge on any atom is -0.497 e. The van der Waals surface area contributed by atoms with Crippen molar-refractivity contribution in [3.05, 3.63) is 77.4 Å². The molecule has 0 radical (unpaired) electrons. The number of amides is 1. The van der Waals surface area contributed by atoms with Crippen molar-refractivity contribution in [1.82, 2.24) is 20.3 Å². The molecule has 7 heteroatoms. The number of rotatable bonds is 7. The Balaban J connectivity index is 1.62. The van der Waals surface area contributed by atoms with E-state index < -0.39 is 0 Å². The lowest BCUT2D eigenvalue weighted by atomic mass is 10.2. The maximum atomic E-state index is 12.5. The first-order valence-corrected chi connectivity index (χ1v) is 8.53. The number of aryl methyl sites for hydroxylation is 1. The van der Waals surface area contributed by atoms with E-state index in [1.165, 1.54) is 0 Å². The van der Waals surface area contributed by atoms with Gasteiger partial charge in [0.15, 0.2) is 0 Å². The molecule has 0 spiro atoms. The molecule has 0 atom stereocenters. The lowest BCUT2D eigenvalue weighted by molar-refractivity contribution is 0.0945. The standard InChI is InChI=1S/C20H21N5O2/c1-14-10-18(19(26)22-12-15-5-7-17(27-2)8-6-15)25-20(24-14)23-13-16-4-3-9-21-11-16/h3-11H,12-13H2,1-2H3,(H,22,26)(H,23,24,25). The molecule has 7 nitrogen and oxygen atoms in total. The Morgan fingerprint density at radius 3 is 2.59 bits per heavy atom. The largest absolute Gasteiger partial charge is 0.497 e. The molecule has 0 bridgehead atoms. The first-order chi connectivity index (χ1) is 13.1. The van der Waals surface area contributed by atoms with Gasteiger partial charge < -0.3 is 15.4 Å². The highest BCUT2D eigenvalue weighted by Crippen LogP contribution is 2.11. The Bertz CT molecular complexity index is 898. The van der Waals surface area contributed by atoms with E-state index >= 15 is 0 Å². The van der Waals surface area contributed by atoms with Gasteiger partial charge in [0.05, 0.1) is 7.11 Å². The van der Waals surface area contributed by atoms with Crippen LogP contribution < -0.4 is 15.4 Å². The number of benzene rings is 1. The summed E-state index contributed by atoms with van der Waals surface area (Å²) in [7, 11) is 1.62. The van der Waals surface area contributed by atoms with Crippen LogP contribution in [-0.2, 0) is 13.1 Å². The van der Waals surface area contributed by atoms with Crippen LogP contribution in [0, 0.1) is 6.92 Å². The quantitative estimate of drug-likeness (QED) is 0.671. The molecular formula is C20H21N5O2. The molecule has 0 unspecified atom stereocenters. The summed E-state index contributed by atoms with van der Waals surface area (Å²) in [5.41, 5.74) is 3.02. The average Bonchev–Trinajstić information content (AvgIpc) is 2.71. The van der Waals surface area contributed by atoms with Gasteiger partial charge in [0.2, 0.25) is 5.95 Å². The highest BCUT2D eigenvalue weighted by atomic mass is 16.5. The third kappa shape index (κ3) is 5.24. The molecule has 2 heterocycles. The van der Waals surface area contributed by atoms with E-state index in [0.717, 1.165) is 16.9 Å². The molecule has 0 aliphatic rings. The van der Waals surface area contributed by atoms with Gasteiger partial charge in [-0.2, -0.15) is 0 Å². The summed E-state index contributed by atoms with van der Waals surface area (Å²) in [5.74, 6) is 0.940. The van der Waals surface area contributed by atoms with Crippen molar-refractivity contribution in [3.8, 4) is 5.75 Å². The summed E-state index contributed by atoms with van der Waals surface area (Å²) in [5, 5.41) is 6.00. The number of hydrogen-bond acceptors (Lipinski definition) is 6. The lowest BCUT2D eigenvalue weighted by Gasteiger charge is -2.09. The number of hydrogen-bond donors (Lipinski definition) is 2. The zero-order chi connectivity index (χ0) is 19.1. The number of aromatic nitrogens is 3. The van der Waals surface area contributed by atoms with Crippen molar-refractivity contribution in [2.75, 3.05) is 12.4 Å². The summed E-state index contributed by atoms with van der Waals surface area (Å²) >= 11 is 0. The van der Waals surface area contributed by atoms with E-state index in [1.807, 2.05) is 43.3 Å². The number of anilines is 1. The minimum absolute atomic E-state index is 0.249. The number of ether oxygens (including phenoxy) is 1. The smallest absolute Gasteiger partial charge is 0.270 e. The third-order valence-corrected chi connectivity index (χ3v) is 3.87. The molecule has 3 aromatic rings. The van der Waals surface area contributed by atoms with Crippen LogP contribution in [-0.4, -0.2) is 28.0 Å². The van der Waals surface area contributed by atoms with E-state index in [1.54, 1.807) is 25.6 Å². The van der Waals surface area contributed by atoms with Crippen LogP contribution in [0.3, 0.4) is 0 Å². The number of pyridine rings is 1. The van der Waals surface area contributed by atoms with Crippen LogP contribution in [0.5, 0.6) is 5.75 Å². The summed E-state index contributed by atoms with van der Waals surface area (Å²) in [6, 6.07) is 13.0. The van der Waals surface area contributed by atoms with Crippen LogP contribution in [0.25, 0.3) is 0 Å². The Labute approximate surface area is 157 Å². The van der Waals surface area contributed by atoms with Gasteiger partial charge in [0.25, 0.3) is 5.91 Å². The van der Waals surface area contributed by atoms with E-state index in [9.17, 15) is 4.79 Å². The number of nitrogens with zero attached hydrogens (tertiary/aromatic N) is 3. The van der Waals surface area contributed by atoms with Crippen molar-refractivity contribution < 1.29 is 9.53 Å². The highest BCUT2D eigenvalue weighted by Gasteiger charge is 2.10. The van der Waals surface area contributed by atoms with Crippen LogP contribution in [0.1, 0.15) is 27.3 Å². The van der Waals surface area contributed by atoms with Crippen molar-refractivity contribution in [1.29, 1.82) is 0 Å². The Kier molecular flexibility index (Phi) is 5.94. The SMILES string of the molecule is COc1ccc(CNC(=O)c2cc(C)nc(NCc3cccnc3)n2)cc1.